The van der Waals surface area contributed by atoms with Gasteiger partial charge in [0.05, 0.1) is 17.3 Å². The number of hydrogen-bond acceptors (Lipinski definition) is 4. The van der Waals surface area contributed by atoms with Gasteiger partial charge in [-0.05, 0) is 36.8 Å². The van der Waals surface area contributed by atoms with E-state index in [0.717, 1.165) is 5.56 Å². The molecule has 0 aromatic heterocycles. The van der Waals surface area contributed by atoms with Gasteiger partial charge in [-0.25, -0.2) is 0 Å². The second-order valence-electron chi connectivity index (χ2n) is 7.00. The molecule has 2 atom stereocenters. The van der Waals surface area contributed by atoms with Crippen molar-refractivity contribution in [3.8, 4) is 11.5 Å². The van der Waals surface area contributed by atoms with Gasteiger partial charge in [0.1, 0.15) is 6.61 Å². The minimum atomic E-state index is -0.806. The Morgan fingerprint density at radius 2 is 1.57 bits per heavy atom. The number of carbonyl (C=O) groups is 2. The molecule has 0 aliphatic carbocycles. The van der Waals surface area contributed by atoms with E-state index in [1.165, 1.54) is 0 Å². The largest absolute Gasteiger partial charge is 0.485 e. The third-order valence-electron chi connectivity index (χ3n) is 4.88. The van der Waals surface area contributed by atoms with Crippen LogP contribution in [0.3, 0.4) is 0 Å². The van der Waals surface area contributed by atoms with E-state index in [1.54, 1.807) is 36.4 Å². The first-order valence-electron chi connectivity index (χ1n) is 9.76. The van der Waals surface area contributed by atoms with E-state index >= 15 is 0 Å². The number of benzene rings is 3. The molecule has 6 heteroatoms. The molecule has 2 amide bonds. The Morgan fingerprint density at radius 1 is 0.900 bits per heavy atom. The van der Waals surface area contributed by atoms with Crippen molar-refractivity contribution < 1.29 is 19.1 Å². The minimum Gasteiger partial charge on any atom is -0.485 e. The maximum Gasteiger partial charge on any atom is 0.269 e. The van der Waals surface area contributed by atoms with Gasteiger partial charge < -0.3 is 20.1 Å². The van der Waals surface area contributed by atoms with Crippen molar-refractivity contribution in [1.29, 1.82) is 0 Å². The molecule has 3 aromatic rings. The van der Waals surface area contributed by atoms with Gasteiger partial charge in [0.15, 0.2) is 11.5 Å². The number of amides is 2. The summed E-state index contributed by atoms with van der Waals surface area (Å²) in [7, 11) is 0. The number of rotatable bonds is 5. The zero-order chi connectivity index (χ0) is 20.9. The van der Waals surface area contributed by atoms with Crippen LogP contribution in [-0.4, -0.2) is 24.5 Å². The summed E-state index contributed by atoms with van der Waals surface area (Å²) in [5.74, 6) is 0.483. The second-order valence-corrected chi connectivity index (χ2v) is 7.00. The highest BCUT2D eigenvalue weighted by atomic mass is 16.6. The molecule has 30 heavy (non-hydrogen) atoms. The van der Waals surface area contributed by atoms with Gasteiger partial charge in [-0.3, -0.25) is 9.59 Å². The Bertz CT molecular complexity index is 1050. The first kappa shape index (κ1) is 19.5. The number of para-hydroxylation sites is 3. The number of anilines is 1. The van der Waals surface area contributed by atoms with Gasteiger partial charge in [-0.2, -0.15) is 0 Å². The van der Waals surface area contributed by atoms with Crippen molar-refractivity contribution in [3.63, 3.8) is 0 Å². The fraction of sp³-hybridized carbons (Fsp3) is 0.167. The Labute approximate surface area is 174 Å². The summed E-state index contributed by atoms with van der Waals surface area (Å²) in [6, 6.07) is 23.6. The summed E-state index contributed by atoms with van der Waals surface area (Å²) in [4.78, 5) is 25.6. The zero-order valence-electron chi connectivity index (χ0n) is 16.5. The third-order valence-corrected chi connectivity index (χ3v) is 4.88. The number of ether oxygens (including phenoxy) is 2. The predicted octanol–water partition coefficient (Wildman–Crippen LogP) is 3.96. The fourth-order valence-electron chi connectivity index (χ4n) is 3.25. The molecule has 2 N–H and O–H groups in total. The average Bonchev–Trinajstić information content (AvgIpc) is 2.79. The summed E-state index contributed by atoms with van der Waals surface area (Å²) < 4.78 is 11.4. The van der Waals surface area contributed by atoms with E-state index in [0.29, 0.717) is 22.7 Å². The minimum absolute atomic E-state index is 0.0995. The highest BCUT2D eigenvalue weighted by Crippen LogP contribution is 2.31. The Hall–Kier alpha value is -3.80. The van der Waals surface area contributed by atoms with Crippen LogP contribution < -0.4 is 20.1 Å². The maximum absolute atomic E-state index is 12.9. The van der Waals surface area contributed by atoms with Gasteiger partial charge >= 0.3 is 0 Å². The van der Waals surface area contributed by atoms with Crippen LogP contribution in [0.4, 0.5) is 5.69 Å². The molecule has 152 valence electrons. The summed E-state index contributed by atoms with van der Waals surface area (Å²) in [6.07, 6.45) is -0.806. The molecule has 0 unspecified atom stereocenters. The lowest BCUT2D eigenvalue weighted by Crippen LogP contribution is -2.40. The highest BCUT2D eigenvalue weighted by Gasteiger charge is 2.28. The van der Waals surface area contributed by atoms with Crippen LogP contribution in [0.5, 0.6) is 11.5 Å². The fourth-order valence-corrected chi connectivity index (χ4v) is 3.25. The molecule has 0 spiro atoms. The highest BCUT2D eigenvalue weighted by molar-refractivity contribution is 6.04. The molecule has 0 saturated carbocycles. The lowest BCUT2D eigenvalue weighted by molar-refractivity contribution is -0.125. The molecule has 6 nitrogen and oxygen atoms in total. The first-order chi connectivity index (χ1) is 14.6. The molecule has 0 radical (unpaired) electrons. The number of nitrogens with one attached hydrogen (secondary N) is 2. The van der Waals surface area contributed by atoms with Gasteiger partial charge in [-0.1, -0.05) is 54.6 Å². The lowest BCUT2D eigenvalue weighted by Gasteiger charge is -2.26. The van der Waals surface area contributed by atoms with E-state index in [9.17, 15) is 9.59 Å². The third kappa shape index (κ3) is 4.27. The summed E-state index contributed by atoms with van der Waals surface area (Å²) in [5, 5.41) is 5.77. The van der Waals surface area contributed by atoms with Crippen LogP contribution in [0, 0.1) is 0 Å². The Balaban J connectivity index is 1.45. The topological polar surface area (TPSA) is 76.7 Å². The van der Waals surface area contributed by atoms with E-state index in [4.69, 9.17) is 9.47 Å². The molecule has 1 aliphatic rings. The number of fused-ring (bicyclic) bond motifs is 1. The number of hydrogen-bond donors (Lipinski definition) is 2. The standard InChI is InChI=1S/C24H22N2O4/c1-16(17-9-3-2-4-10-17)25-23(27)18-11-5-6-12-19(18)26-24(28)22-15-29-20-13-7-8-14-21(20)30-22/h2-14,16,22H,15H2,1H3,(H,25,27)(H,26,28)/t16-,22+/m1/s1. The quantitative estimate of drug-likeness (QED) is 0.677. The van der Waals surface area contributed by atoms with Crippen LogP contribution in [0.2, 0.25) is 0 Å². The van der Waals surface area contributed by atoms with Gasteiger partial charge in [0.25, 0.3) is 11.8 Å². The van der Waals surface area contributed by atoms with Crippen molar-refractivity contribution in [2.75, 3.05) is 11.9 Å². The van der Waals surface area contributed by atoms with Crippen LogP contribution in [0.15, 0.2) is 78.9 Å². The van der Waals surface area contributed by atoms with E-state index < -0.39 is 6.10 Å². The first-order valence-corrected chi connectivity index (χ1v) is 9.76. The van der Waals surface area contributed by atoms with Crippen LogP contribution in [0.25, 0.3) is 0 Å². The molecule has 0 bridgehead atoms. The maximum atomic E-state index is 12.9. The van der Waals surface area contributed by atoms with Crippen molar-refractivity contribution in [1.82, 2.24) is 5.32 Å². The molecule has 1 heterocycles. The molecule has 0 saturated heterocycles. The smallest absolute Gasteiger partial charge is 0.269 e. The number of carbonyl (C=O) groups excluding carboxylic acids is 2. The molecule has 1 aliphatic heterocycles. The van der Waals surface area contributed by atoms with E-state index in [1.807, 2.05) is 49.4 Å². The summed E-state index contributed by atoms with van der Waals surface area (Å²) >= 11 is 0. The van der Waals surface area contributed by atoms with Crippen molar-refractivity contribution in [2.45, 2.75) is 19.1 Å². The molecule has 4 rings (SSSR count). The van der Waals surface area contributed by atoms with Crippen molar-refractivity contribution in [3.05, 3.63) is 90.0 Å². The molecular formula is C24H22N2O4. The normalized spacial score (nSPS) is 15.7. The van der Waals surface area contributed by atoms with E-state index in [-0.39, 0.29) is 24.5 Å². The van der Waals surface area contributed by atoms with Crippen molar-refractivity contribution >= 4 is 17.5 Å². The van der Waals surface area contributed by atoms with Gasteiger partial charge in [0, 0.05) is 0 Å². The van der Waals surface area contributed by atoms with Crippen molar-refractivity contribution in [2.24, 2.45) is 0 Å². The summed E-state index contributed by atoms with van der Waals surface area (Å²) in [6.45, 7) is 2.02. The van der Waals surface area contributed by atoms with Gasteiger partial charge in [-0.15, -0.1) is 0 Å². The molecular weight excluding hydrogens is 380 g/mol. The monoisotopic (exact) mass is 402 g/mol. The zero-order valence-corrected chi connectivity index (χ0v) is 16.5. The van der Waals surface area contributed by atoms with E-state index in [2.05, 4.69) is 10.6 Å². The van der Waals surface area contributed by atoms with Crippen LogP contribution >= 0.6 is 0 Å². The predicted molar refractivity (Wildman–Crippen MR) is 114 cm³/mol. The van der Waals surface area contributed by atoms with Crippen LogP contribution in [0.1, 0.15) is 28.9 Å². The summed E-state index contributed by atoms with van der Waals surface area (Å²) in [5.41, 5.74) is 1.80. The molecule has 3 aromatic carbocycles. The molecule has 0 fully saturated rings. The SMILES string of the molecule is C[C@@H](NC(=O)c1ccccc1NC(=O)[C@@H]1COc2ccccc2O1)c1ccccc1. The Morgan fingerprint density at radius 3 is 2.37 bits per heavy atom. The van der Waals surface area contributed by atoms with Gasteiger partial charge in [0.2, 0.25) is 6.10 Å². The average molecular weight is 402 g/mol. The van der Waals surface area contributed by atoms with Crippen LogP contribution in [-0.2, 0) is 4.79 Å². The second kappa shape index (κ2) is 8.69. The Kier molecular flexibility index (Phi) is 5.66. The lowest BCUT2D eigenvalue weighted by atomic mass is 10.1.